The molecule has 2 aromatic heterocycles. The van der Waals surface area contributed by atoms with Gasteiger partial charge >= 0.3 is 5.63 Å². The molecule has 0 radical (unpaired) electrons. The number of nitrogens with one attached hydrogen (secondary N) is 2. The van der Waals surface area contributed by atoms with Crippen LogP contribution < -0.4 is 21.4 Å². The summed E-state index contributed by atoms with van der Waals surface area (Å²) >= 11 is 0. The molecule has 0 unspecified atom stereocenters. The van der Waals surface area contributed by atoms with Crippen LogP contribution in [0, 0.1) is 19.8 Å². The number of carboxylic acids is 1. The maximum absolute atomic E-state index is 12.5. The second-order valence-electron chi connectivity index (χ2n) is 7.96. The molecule has 3 aromatic rings. The van der Waals surface area contributed by atoms with E-state index in [0.29, 0.717) is 28.5 Å². The van der Waals surface area contributed by atoms with E-state index in [-0.39, 0.29) is 17.9 Å². The Morgan fingerprint density at radius 3 is 2.47 bits per heavy atom. The number of carbonyl (C=O) groups is 3. The molecule has 0 fully saturated rings. The molecule has 0 saturated heterocycles. The standard InChI is InChI=1S/C23H26N2O7/c1-5-11(2)21(22(28)29)25-20(27)9-24-19(26)7-16-13(4)15-6-14-12(3)10-31-17(14)8-18(15)32-23(16)30/h6,8,10-11,21H,5,7,9H2,1-4H3,(H,24,26)(H,25,27)(H,28,29)/p-1/t11-,21+/m1/s1. The summed E-state index contributed by atoms with van der Waals surface area (Å²) in [7, 11) is 0. The van der Waals surface area contributed by atoms with Crippen LogP contribution in [0.4, 0.5) is 0 Å². The number of hydrogen-bond acceptors (Lipinski definition) is 7. The van der Waals surface area contributed by atoms with Gasteiger partial charge in [0.1, 0.15) is 11.2 Å². The first-order valence-corrected chi connectivity index (χ1v) is 10.3. The number of carbonyl (C=O) groups excluding carboxylic acids is 3. The summed E-state index contributed by atoms with van der Waals surface area (Å²) in [5.41, 5.74) is 2.03. The number of rotatable bonds is 8. The molecule has 2 heterocycles. The number of aliphatic carboxylic acids is 1. The second-order valence-corrected chi connectivity index (χ2v) is 7.96. The third-order valence-electron chi connectivity index (χ3n) is 5.74. The van der Waals surface area contributed by atoms with Crippen LogP contribution in [0.15, 0.2) is 32.0 Å². The van der Waals surface area contributed by atoms with E-state index in [1.165, 1.54) is 0 Å². The van der Waals surface area contributed by atoms with Crippen molar-refractivity contribution in [3.05, 3.63) is 45.5 Å². The van der Waals surface area contributed by atoms with Crippen molar-refractivity contribution in [2.24, 2.45) is 5.92 Å². The SMILES string of the molecule is CC[C@@H](C)[C@H](NC(=O)CNC(=O)Cc1c(C)c2cc3c(C)coc3cc2oc1=O)C(=O)[O-]. The topological polar surface area (TPSA) is 142 Å². The highest BCUT2D eigenvalue weighted by molar-refractivity contribution is 5.97. The van der Waals surface area contributed by atoms with Crippen molar-refractivity contribution in [2.45, 2.75) is 46.6 Å². The van der Waals surface area contributed by atoms with Crippen LogP contribution in [0.5, 0.6) is 0 Å². The molecule has 0 saturated carbocycles. The summed E-state index contributed by atoms with van der Waals surface area (Å²) in [6, 6.07) is 2.35. The van der Waals surface area contributed by atoms with Crippen molar-refractivity contribution < 1.29 is 28.3 Å². The molecule has 3 rings (SSSR count). The van der Waals surface area contributed by atoms with Gasteiger partial charge in [-0.2, -0.15) is 0 Å². The lowest BCUT2D eigenvalue weighted by molar-refractivity contribution is -0.309. The molecule has 0 aliphatic heterocycles. The van der Waals surface area contributed by atoms with E-state index < -0.39 is 36.0 Å². The molecule has 9 heteroatoms. The van der Waals surface area contributed by atoms with Gasteiger partial charge in [0.15, 0.2) is 0 Å². The zero-order valence-corrected chi connectivity index (χ0v) is 18.4. The highest BCUT2D eigenvalue weighted by atomic mass is 16.4. The highest BCUT2D eigenvalue weighted by Gasteiger charge is 2.21. The second kappa shape index (κ2) is 9.25. The molecular formula is C23H25N2O7-. The van der Waals surface area contributed by atoms with E-state index in [0.717, 1.165) is 10.9 Å². The van der Waals surface area contributed by atoms with Crippen molar-refractivity contribution in [3.8, 4) is 0 Å². The Bertz CT molecular complexity index is 1250. The van der Waals surface area contributed by atoms with Crippen molar-refractivity contribution in [1.29, 1.82) is 0 Å². The lowest BCUT2D eigenvalue weighted by atomic mass is 9.99. The van der Waals surface area contributed by atoms with E-state index in [1.54, 1.807) is 33.1 Å². The first-order valence-electron chi connectivity index (χ1n) is 10.3. The predicted molar refractivity (Wildman–Crippen MR) is 115 cm³/mol. The quantitative estimate of drug-likeness (QED) is 0.499. The molecule has 0 spiro atoms. The van der Waals surface area contributed by atoms with Gasteiger partial charge in [0.2, 0.25) is 11.8 Å². The molecule has 2 N–H and O–H groups in total. The van der Waals surface area contributed by atoms with E-state index >= 15 is 0 Å². The van der Waals surface area contributed by atoms with Crippen LogP contribution in [0.1, 0.15) is 37.0 Å². The first-order chi connectivity index (χ1) is 15.1. The summed E-state index contributed by atoms with van der Waals surface area (Å²) < 4.78 is 10.8. The van der Waals surface area contributed by atoms with Gasteiger partial charge in [-0.3, -0.25) is 9.59 Å². The van der Waals surface area contributed by atoms with Gasteiger partial charge in [-0.15, -0.1) is 0 Å². The number of benzene rings is 1. The zero-order valence-electron chi connectivity index (χ0n) is 18.4. The van der Waals surface area contributed by atoms with Gasteiger partial charge in [-0.25, -0.2) is 4.79 Å². The van der Waals surface area contributed by atoms with E-state index in [2.05, 4.69) is 10.6 Å². The Morgan fingerprint density at radius 2 is 1.81 bits per heavy atom. The van der Waals surface area contributed by atoms with Crippen LogP contribution in [0.2, 0.25) is 0 Å². The third kappa shape index (κ3) is 4.66. The summed E-state index contributed by atoms with van der Waals surface area (Å²) in [6.45, 7) is 6.68. The van der Waals surface area contributed by atoms with Crippen molar-refractivity contribution in [2.75, 3.05) is 6.54 Å². The lowest BCUT2D eigenvalue weighted by Crippen LogP contribution is -2.53. The number of aryl methyl sites for hydroxylation is 2. The average Bonchev–Trinajstić information content (AvgIpc) is 3.11. The number of furan rings is 1. The average molecular weight is 441 g/mol. The number of hydrogen-bond donors (Lipinski definition) is 2. The van der Waals surface area contributed by atoms with E-state index in [4.69, 9.17) is 8.83 Å². The largest absolute Gasteiger partial charge is 0.548 e. The Kier molecular flexibility index (Phi) is 6.67. The Labute approximate surface area is 183 Å². The fourth-order valence-corrected chi connectivity index (χ4v) is 3.54. The molecule has 2 atom stereocenters. The normalized spacial score (nSPS) is 13.1. The van der Waals surface area contributed by atoms with Crippen LogP contribution >= 0.6 is 0 Å². The van der Waals surface area contributed by atoms with Gasteiger partial charge in [-0.1, -0.05) is 20.3 Å². The summed E-state index contributed by atoms with van der Waals surface area (Å²) in [5.74, 6) is -2.93. The number of fused-ring (bicyclic) bond motifs is 2. The van der Waals surface area contributed by atoms with Gasteiger partial charge < -0.3 is 29.4 Å². The maximum atomic E-state index is 12.5. The number of amides is 2. The molecule has 0 aliphatic rings. The van der Waals surface area contributed by atoms with Crippen LogP contribution in [0.3, 0.4) is 0 Å². The molecular weight excluding hydrogens is 416 g/mol. The Hall–Kier alpha value is -3.62. The summed E-state index contributed by atoms with van der Waals surface area (Å²) in [6.07, 6.45) is 1.87. The maximum Gasteiger partial charge on any atom is 0.340 e. The summed E-state index contributed by atoms with van der Waals surface area (Å²) in [5, 5.41) is 17.5. The minimum Gasteiger partial charge on any atom is -0.548 e. The monoisotopic (exact) mass is 441 g/mol. The van der Waals surface area contributed by atoms with Crippen molar-refractivity contribution in [1.82, 2.24) is 10.6 Å². The van der Waals surface area contributed by atoms with Crippen LogP contribution in [-0.2, 0) is 20.8 Å². The highest BCUT2D eigenvalue weighted by Crippen LogP contribution is 2.28. The Balaban J connectivity index is 1.73. The van der Waals surface area contributed by atoms with Crippen LogP contribution in [-0.4, -0.2) is 30.4 Å². The molecule has 32 heavy (non-hydrogen) atoms. The fraction of sp³-hybridized carbons (Fsp3) is 0.391. The van der Waals surface area contributed by atoms with Crippen molar-refractivity contribution >= 4 is 39.7 Å². The van der Waals surface area contributed by atoms with E-state index in [9.17, 15) is 24.3 Å². The molecule has 1 aromatic carbocycles. The van der Waals surface area contributed by atoms with Gasteiger partial charge in [0, 0.05) is 16.8 Å². The van der Waals surface area contributed by atoms with Crippen LogP contribution in [0.25, 0.3) is 21.9 Å². The zero-order chi connectivity index (χ0) is 23.6. The molecule has 9 nitrogen and oxygen atoms in total. The Morgan fingerprint density at radius 1 is 1.09 bits per heavy atom. The predicted octanol–water partition coefficient (Wildman–Crippen LogP) is 1.10. The minimum absolute atomic E-state index is 0.183. The molecule has 2 amide bonds. The van der Waals surface area contributed by atoms with Gasteiger partial charge in [0.05, 0.1) is 36.8 Å². The minimum atomic E-state index is -1.38. The van der Waals surface area contributed by atoms with Crippen molar-refractivity contribution in [3.63, 3.8) is 0 Å². The third-order valence-corrected chi connectivity index (χ3v) is 5.74. The first kappa shape index (κ1) is 23.1. The number of carboxylic acid groups (broad SMARTS) is 1. The molecule has 0 bridgehead atoms. The smallest absolute Gasteiger partial charge is 0.340 e. The van der Waals surface area contributed by atoms with Gasteiger partial charge in [0.25, 0.3) is 0 Å². The van der Waals surface area contributed by atoms with E-state index in [1.807, 2.05) is 13.0 Å². The molecule has 170 valence electrons. The van der Waals surface area contributed by atoms with Gasteiger partial charge in [-0.05, 0) is 37.0 Å². The summed E-state index contributed by atoms with van der Waals surface area (Å²) in [4.78, 5) is 48.1. The molecule has 0 aliphatic carbocycles. The fourth-order valence-electron chi connectivity index (χ4n) is 3.54. The lowest BCUT2D eigenvalue weighted by Gasteiger charge is -2.25.